The molecule has 252 valence electrons. The number of esters is 1. The van der Waals surface area contributed by atoms with Crippen LogP contribution in [-0.2, 0) is 21.4 Å². The van der Waals surface area contributed by atoms with E-state index < -0.39 is 25.7 Å². The highest BCUT2D eigenvalue weighted by Gasteiger charge is 2.50. The Kier molecular flexibility index (Phi) is 8.44. The Bertz CT molecular complexity index is 1800. The molecule has 11 nitrogen and oxygen atoms in total. The predicted molar refractivity (Wildman–Crippen MR) is 175 cm³/mol. The minimum atomic E-state index is -0.612. The molecule has 4 aliphatic rings. The van der Waals surface area contributed by atoms with E-state index in [1.54, 1.807) is 18.2 Å². The molecule has 1 saturated carbocycles. The van der Waals surface area contributed by atoms with Gasteiger partial charge >= 0.3 is 5.97 Å². The predicted octanol–water partition coefficient (Wildman–Crippen LogP) is 4.51. The summed E-state index contributed by atoms with van der Waals surface area (Å²) in [7, 11) is 0. The molecule has 7 N–H and O–H groups in total. The number of allylic oxidation sites excluding steroid dienone is 2. The molecule has 2 heterocycles. The number of benzene rings is 3. The Hall–Kier alpha value is -4.71. The SMILES string of the molecule is CC(=O)OC[C@H]1c2ccc3c(c2O[C@@H]1c1ccc(O)c(OCO)c1)[C@@]1(CC[C@@H](CC2=CNC(N)C=C2)C1)Cc1cc(O)cc(OCO)c1-3. The highest BCUT2D eigenvalue weighted by Crippen LogP contribution is 2.62. The van der Waals surface area contributed by atoms with Gasteiger partial charge in [-0.3, -0.25) is 4.79 Å². The van der Waals surface area contributed by atoms with Gasteiger partial charge in [0.1, 0.15) is 30.0 Å². The molecule has 0 radical (unpaired) electrons. The molecule has 0 bridgehead atoms. The molecule has 3 aromatic carbocycles. The van der Waals surface area contributed by atoms with E-state index in [1.807, 2.05) is 24.4 Å². The van der Waals surface area contributed by atoms with Gasteiger partial charge in [0.2, 0.25) is 0 Å². The van der Waals surface area contributed by atoms with E-state index in [0.717, 1.165) is 53.5 Å². The Morgan fingerprint density at radius 3 is 2.65 bits per heavy atom. The molecule has 1 fully saturated rings. The zero-order valence-corrected chi connectivity index (χ0v) is 26.6. The van der Waals surface area contributed by atoms with Crippen LogP contribution < -0.4 is 25.3 Å². The van der Waals surface area contributed by atoms with Crippen molar-refractivity contribution in [1.82, 2.24) is 5.32 Å². The summed E-state index contributed by atoms with van der Waals surface area (Å²) in [6.07, 6.45) is 9.50. The number of carbonyl (C=O) groups is 1. The van der Waals surface area contributed by atoms with Gasteiger partial charge in [-0.2, -0.15) is 0 Å². The number of aliphatic hydroxyl groups excluding tert-OH is 2. The minimum absolute atomic E-state index is 0.0669. The number of fused-ring (bicyclic) bond motifs is 6. The normalized spacial score (nSPS) is 25.0. The van der Waals surface area contributed by atoms with Crippen molar-refractivity contribution in [3.8, 4) is 39.9 Å². The van der Waals surface area contributed by atoms with E-state index in [9.17, 15) is 25.2 Å². The first-order chi connectivity index (χ1) is 23.2. The largest absolute Gasteiger partial charge is 0.508 e. The number of hydrogen-bond acceptors (Lipinski definition) is 11. The number of phenols is 2. The number of hydrogen-bond donors (Lipinski definition) is 6. The number of nitrogens with two attached hydrogens (primary N) is 1. The van der Waals surface area contributed by atoms with Gasteiger partial charge in [0.25, 0.3) is 0 Å². The van der Waals surface area contributed by atoms with Crippen molar-refractivity contribution < 1.29 is 44.2 Å². The summed E-state index contributed by atoms with van der Waals surface area (Å²) in [6, 6.07) is 12.2. The molecule has 2 aliphatic heterocycles. The fourth-order valence-electron chi connectivity index (χ4n) is 8.23. The molecule has 0 amide bonds. The molecule has 11 heteroatoms. The lowest BCUT2D eigenvalue weighted by molar-refractivity contribution is -0.141. The van der Waals surface area contributed by atoms with Crippen LogP contribution in [0.1, 0.15) is 66.9 Å². The Morgan fingerprint density at radius 2 is 1.90 bits per heavy atom. The molecule has 3 aromatic rings. The fraction of sp³-hybridized carbons (Fsp3) is 0.378. The van der Waals surface area contributed by atoms with Gasteiger partial charge < -0.3 is 50.4 Å². The molecule has 48 heavy (non-hydrogen) atoms. The van der Waals surface area contributed by atoms with Gasteiger partial charge in [0.15, 0.2) is 25.1 Å². The standard InChI is InChI=1S/C37H40N2O9/c1-20(42)45-17-28-26-4-5-27-33-24(11-25(43)13-31(33)47-19-41)15-37(9-8-21(14-37)10-22-2-7-32(38)39-16-22)34(27)36(26)48-35(28)23-3-6-29(44)30(12-23)46-18-40/h2-7,11-13,16,21,28,32,35,39-41,43-44H,8-10,14-15,17-19,38H2,1H3/t21-,28-,32?,35+,37+/m0/s1. The number of aromatic hydroxyl groups is 2. The van der Waals surface area contributed by atoms with Crippen LogP contribution in [0.3, 0.4) is 0 Å². The molecule has 0 saturated heterocycles. The van der Waals surface area contributed by atoms with Crippen molar-refractivity contribution >= 4 is 5.97 Å². The van der Waals surface area contributed by atoms with Gasteiger partial charge in [-0.05, 0) is 84.6 Å². The van der Waals surface area contributed by atoms with E-state index in [-0.39, 0.29) is 41.4 Å². The van der Waals surface area contributed by atoms with E-state index in [2.05, 4.69) is 11.4 Å². The first-order valence-electron chi connectivity index (χ1n) is 16.2. The van der Waals surface area contributed by atoms with Gasteiger partial charge in [-0.15, -0.1) is 0 Å². The maximum Gasteiger partial charge on any atom is 0.302 e. The molecule has 1 spiro atoms. The third kappa shape index (κ3) is 5.72. The second-order valence-corrected chi connectivity index (χ2v) is 13.1. The number of nitrogens with one attached hydrogen (secondary N) is 1. The first-order valence-corrected chi connectivity index (χ1v) is 16.2. The lowest BCUT2D eigenvalue weighted by atomic mass is 9.65. The fourth-order valence-corrected chi connectivity index (χ4v) is 8.23. The van der Waals surface area contributed by atoms with Crippen molar-refractivity contribution in [1.29, 1.82) is 0 Å². The van der Waals surface area contributed by atoms with Crippen molar-refractivity contribution in [3.05, 3.63) is 88.6 Å². The lowest BCUT2D eigenvalue weighted by Crippen LogP contribution is -2.33. The summed E-state index contributed by atoms with van der Waals surface area (Å²) < 4.78 is 23.5. The van der Waals surface area contributed by atoms with Crippen LogP contribution in [0.2, 0.25) is 0 Å². The Labute approximate surface area is 278 Å². The van der Waals surface area contributed by atoms with E-state index >= 15 is 0 Å². The summed E-state index contributed by atoms with van der Waals surface area (Å²) >= 11 is 0. The number of aliphatic hydroxyl groups is 2. The van der Waals surface area contributed by atoms with Gasteiger partial charge in [0, 0.05) is 41.3 Å². The number of dihydropyridines is 1. The van der Waals surface area contributed by atoms with Gasteiger partial charge in [-0.1, -0.05) is 24.3 Å². The summed E-state index contributed by atoms with van der Waals surface area (Å²) in [4.78, 5) is 12.0. The number of rotatable bonds is 9. The monoisotopic (exact) mass is 656 g/mol. The van der Waals surface area contributed by atoms with Crippen molar-refractivity contribution in [2.24, 2.45) is 11.7 Å². The van der Waals surface area contributed by atoms with Crippen LogP contribution in [-0.4, -0.2) is 52.8 Å². The van der Waals surface area contributed by atoms with E-state index in [0.29, 0.717) is 29.4 Å². The summed E-state index contributed by atoms with van der Waals surface area (Å²) in [5, 5.41) is 43.4. The van der Waals surface area contributed by atoms with Crippen LogP contribution in [0.15, 0.2) is 66.4 Å². The average Bonchev–Trinajstić information content (AvgIpc) is 3.63. The van der Waals surface area contributed by atoms with Crippen LogP contribution in [0.5, 0.6) is 28.7 Å². The molecule has 1 unspecified atom stereocenters. The zero-order valence-electron chi connectivity index (χ0n) is 26.6. The molecule has 0 aromatic heterocycles. The molecule has 5 atom stereocenters. The summed E-state index contributed by atoms with van der Waals surface area (Å²) in [5.41, 5.74) is 12.1. The number of phenolic OH excluding ortho intramolecular Hbond substituents is 2. The zero-order chi connectivity index (χ0) is 33.6. The summed E-state index contributed by atoms with van der Waals surface area (Å²) in [5.74, 6) is 0.737. The second kappa shape index (κ2) is 12.7. The highest BCUT2D eigenvalue weighted by atomic mass is 16.6. The first kappa shape index (κ1) is 31.9. The quantitative estimate of drug-likeness (QED) is 0.141. The lowest BCUT2D eigenvalue weighted by Gasteiger charge is -2.39. The molecule has 7 rings (SSSR count). The Balaban J connectivity index is 1.36. The molecular formula is C37H40N2O9. The third-order valence-electron chi connectivity index (χ3n) is 10.1. The van der Waals surface area contributed by atoms with Crippen LogP contribution >= 0.6 is 0 Å². The number of ether oxygens (including phenoxy) is 4. The Morgan fingerprint density at radius 1 is 1.08 bits per heavy atom. The number of carbonyl (C=O) groups excluding carboxylic acids is 1. The topological polar surface area (TPSA) is 173 Å². The minimum Gasteiger partial charge on any atom is -0.508 e. The van der Waals surface area contributed by atoms with Crippen LogP contribution in [0.4, 0.5) is 0 Å². The van der Waals surface area contributed by atoms with Crippen molar-refractivity contribution in [2.45, 2.75) is 62.6 Å². The smallest absolute Gasteiger partial charge is 0.302 e. The van der Waals surface area contributed by atoms with Gasteiger partial charge in [0.05, 0.1) is 12.1 Å². The third-order valence-corrected chi connectivity index (χ3v) is 10.1. The second-order valence-electron chi connectivity index (χ2n) is 13.1. The summed E-state index contributed by atoms with van der Waals surface area (Å²) in [6.45, 7) is 0.276. The van der Waals surface area contributed by atoms with Crippen LogP contribution in [0.25, 0.3) is 11.1 Å². The maximum atomic E-state index is 12.0. The molecular weight excluding hydrogens is 616 g/mol. The van der Waals surface area contributed by atoms with E-state index in [1.165, 1.54) is 24.6 Å². The van der Waals surface area contributed by atoms with Gasteiger partial charge in [-0.25, -0.2) is 0 Å². The van der Waals surface area contributed by atoms with E-state index in [4.69, 9.17) is 24.7 Å². The maximum absolute atomic E-state index is 12.0. The van der Waals surface area contributed by atoms with Crippen molar-refractivity contribution in [2.75, 3.05) is 20.2 Å². The highest BCUT2D eigenvalue weighted by molar-refractivity contribution is 5.84. The molecule has 2 aliphatic carbocycles. The average molecular weight is 657 g/mol. The van der Waals surface area contributed by atoms with Crippen molar-refractivity contribution in [3.63, 3.8) is 0 Å². The van der Waals surface area contributed by atoms with Crippen LogP contribution in [0, 0.1) is 5.92 Å².